The maximum atomic E-state index is 11.1. The zero-order valence-electron chi connectivity index (χ0n) is 7.73. The van der Waals surface area contributed by atoms with Gasteiger partial charge in [0.1, 0.15) is 0 Å². The molecule has 0 saturated heterocycles. The minimum absolute atomic E-state index is 0.109. The predicted molar refractivity (Wildman–Crippen MR) is 57.6 cm³/mol. The van der Waals surface area contributed by atoms with Crippen molar-refractivity contribution in [1.82, 2.24) is 4.98 Å². The fourth-order valence-electron chi connectivity index (χ4n) is 1.17. The summed E-state index contributed by atoms with van der Waals surface area (Å²) in [5, 5.41) is 0. The molecule has 0 amide bonds. The van der Waals surface area contributed by atoms with Gasteiger partial charge >= 0.3 is 0 Å². The van der Waals surface area contributed by atoms with Gasteiger partial charge in [-0.1, -0.05) is 6.07 Å². The first kappa shape index (κ1) is 9.09. The van der Waals surface area contributed by atoms with Gasteiger partial charge in [-0.05, 0) is 31.2 Å². The van der Waals surface area contributed by atoms with Crippen molar-refractivity contribution < 1.29 is 4.79 Å². The fraction of sp³-hybridized carbons (Fsp3) is 0.0909. The molecule has 0 aliphatic carbocycles. The zero-order chi connectivity index (χ0) is 9.97. The monoisotopic (exact) mass is 203 g/mol. The first-order valence-electron chi connectivity index (χ1n) is 4.29. The summed E-state index contributed by atoms with van der Waals surface area (Å²) in [5.74, 6) is 0.109. The molecule has 0 aliphatic heterocycles. The number of rotatable bonds is 2. The smallest absolute Gasteiger partial charge is 0.169 e. The van der Waals surface area contributed by atoms with Gasteiger partial charge in [0.2, 0.25) is 0 Å². The number of carbonyl (C=O) groups is 1. The molecule has 0 saturated carbocycles. The highest BCUT2D eigenvalue weighted by atomic mass is 32.1. The largest absolute Gasteiger partial charge is 0.294 e. The molecule has 0 N–H and O–H groups in total. The van der Waals surface area contributed by atoms with E-state index in [4.69, 9.17) is 0 Å². The van der Waals surface area contributed by atoms with Crippen molar-refractivity contribution in [3.05, 3.63) is 41.4 Å². The van der Waals surface area contributed by atoms with Crippen LogP contribution >= 0.6 is 11.3 Å². The first-order valence-corrected chi connectivity index (χ1v) is 5.11. The van der Waals surface area contributed by atoms with Crippen molar-refractivity contribution in [3.63, 3.8) is 0 Å². The molecule has 0 atom stereocenters. The number of carbonyl (C=O) groups excluding carboxylic acids is 1. The maximum Gasteiger partial charge on any atom is 0.169 e. The average molecular weight is 203 g/mol. The Balaban J connectivity index is 2.39. The summed E-state index contributed by atoms with van der Waals surface area (Å²) < 4.78 is 0. The summed E-state index contributed by atoms with van der Waals surface area (Å²) in [4.78, 5) is 17.1. The lowest BCUT2D eigenvalue weighted by Crippen LogP contribution is -1.83. The molecule has 2 heterocycles. The minimum atomic E-state index is 0.109. The Labute approximate surface area is 86.2 Å². The van der Waals surface area contributed by atoms with Gasteiger partial charge in [0.05, 0.1) is 15.4 Å². The van der Waals surface area contributed by atoms with E-state index in [2.05, 4.69) is 4.98 Å². The molecule has 3 heteroatoms. The third kappa shape index (κ3) is 1.72. The van der Waals surface area contributed by atoms with Gasteiger partial charge in [0.25, 0.3) is 0 Å². The molecule has 2 nitrogen and oxygen atoms in total. The molecule has 2 rings (SSSR count). The molecule has 0 spiro atoms. The van der Waals surface area contributed by atoms with Crippen molar-refractivity contribution in [2.24, 2.45) is 0 Å². The van der Waals surface area contributed by atoms with Gasteiger partial charge < -0.3 is 0 Å². The molecule has 0 unspecified atom stereocenters. The van der Waals surface area contributed by atoms with E-state index in [9.17, 15) is 4.79 Å². The van der Waals surface area contributed by atoms with Crippen LogP contribution in [-0.4, -0.2) is 10.8 Å². The van der Waals surface area contributed by atoms with E-state index in [1.807, 2.05) is 30.3 Å². The number of ketones is 1. The molecule has 0 bridgehead atoms. The molecule has 70 valence electrons. The molecular weight excluding hydrogens is 194 g/mol. The number of hydrogen-bond acceptors (Lipinski definition) is 3. The SMILES string of the molecule is CC(=O)c1ccc(-c2ccccn2)s1. The highest BCUT2D eigenvalue weighted by Crippen LogP contribution is 2.26. The summed E-state index contributed by atoms with van der Waals surface area (Å²) in [6.45, 7) is 1.58. The third-order valence-corrected chi connectivity index (χ3v) is 3.08. The van der Waals surface area contributed by atoms with E-state index in [0.717, 1.165) is 15.4 Å². The molecule has 0 aromatic carbocycles. The molecule has 0 aliphatic rings. The highest BCUT2D eigenvalue weighted by molar-refractivity contribution is 7.17. The first-order chi connectivity index (χ1) is 6.77. The van der Waals surface area contributed by atoms with Crippen LogP contribution in [0.15, 0.2) is 36.5 Å². The Bertz CT molecular complexity index is 447. The normalized spacial score (nSPS) is 10.1. The second kappa shape index (κ2) is 3.72. The number of pyridine rings is 1. The van der Waals surface area contributed by atoms with Crippen molar-refractivity contribution in [3.8, 4) is 10.6 Å². The van der Waals surface area contributed by atoms with E-state index >= 15 is 0 Å². The molecule has 0 radical (unpaired) electrons. The number of hydrogen-bond donors (Lipinski definition) is 0. The van der Waals surface area contributed by atoms with Crippen LogP contribution in [0.25, 0.3) is 10.6 Å². The Hall–Kier alpha value is -1.48. The Kier molecular flexibility index (Phi) is 2.41. The maximum absolute atomic E-state index is 11.1. The van der Waals surface area contributed by atoms with Gasteiger partial charge in [-0.2, -0.15) is 0 Å². The van der Waals surface area contributed by atoms with Crippen LogP contribution in [0.4, 0.5) is 0 Å². The van der Waals surface area contributed by atoms with Crippen molar-refractivity contribution in [1.29, 1.82) is 0 Å². The molecule has 2 aromatic heterocycles. The minimum Gasteiger partial charge on any atom is -0.294 e. The Morgan fingerprint density at radius 1 is 1.29 bits per heavy atom. The quantitative estimate of drug-likeness (QED) is 0.702. The van der Waals surface area contributed by atoms with Crippen LogP contribution < -0.4 is 0 Å². The van der Waals surface area contributed by atoms with E-state index in [1.165, 1.54) is 11.3 Å². The zero-order valence-corrected chi connectivity index (χ0v) is 8.54. The molecule has 2 aromatic rings. The van der Waals surface area contributed by atoms with Gasteiger partial charge in [-0.25, -0.2) is 0 Å². The Morgan fingerprint density at radius 3 is 2.71 bits per heavy atom. The standard InChI is InChI=1S/C11H9NOS/c1-8(13)10-5-6-11(14-10)9-4-2-3-7-12-9/h2-7H,1H3. The van der Waals surface area contributed by atoms with Crippen LogP contribution in [0.5, 0.6) is 0 Å². The number of aromatic nitrogens is 1. The average Bonchev–Trinajstić information content (AvgIpc) is 2.68. The van der Waals surface area contributed by atoms with Crippen LogP contribution in [0, 0.1) is 0 Å². The second-order valence-corrected chi connectivity index (χ2v) is 4.02. The fourth-order valence-corrected chi connectivity index (χ4v) is 2.05. The lowest BCUT2D eigenvalue weighted by atomic mass is 10.3. The lowest BCUT2D eigenvalue weighted by molar-refractivity contribution is 0.102. The number of Topliss-reactive ketones (excluding diaryl/α,β-unsaturated/α-hetero) is 1. The molecule has 0 fully saturated rings. The number of nitrogens with zero attached hydrogens (tertiary/aromatic N) is 1. The third-order valence-electron chi connectivity index (χ3n) is 1.87. The van der Waals surface area contributed by atoms with Gasteiger partial charge in [-0.15, -0.1) is 11.3 Å². The second-order valence-electron chi connectivity index (χ2n) is 2.94. The van der Waals surface area contributed by atoms with Crippen molar-refractivity contribution >= 4 is 17.1 Å². The predicted octanol–water partition coefficient (Wildman–Crippen LogP) is 3.01. The van der Waals surface area contributed by atoms with Crippen molar-refractivity contribution in [2.45, 2.75) is 6.92 Å². The summed E-state index contributed by atoms with van der Waals surface area (Å²) >= 11 is 1.48. The van der Waals surface area contributed by atoms with Crippen molar-refractivity contribution in [2.75, 3.05) is 0 Å². The molecular formula is C11H9NOS. The van der Waals surface area contributed by atoms with Crippen LogP contribution in [0.3, 0.4) is 0 Å². The lowest BCUT2D eigenvalue weighted by Gasteiger charge is -1.93. The van der Waals surface area contributed by atoms with E-state index in [0.29, 0.717) is 0 Å². The van der Waals surface area contributed by atoms with Crippen LogP contribution in [-0.2, 0) is 0 Å². The van der Waals surface area contributed by atoms with E-state index in [-0.39, 0.29) is 5.78 Å². The summed E-state index contributed by atoms with van der Waals surface area (Å²) in [6.07, 6.45) is 1.75. The topological polar surface area (TPSA) is 30.0 Å². The van der Waals surface area contributed by atoms with Gasteiger partial charge in [-0.3, -0.25) is 9.78 Å². The summed E-state index contributed by atoms with van der Waals surface area (Å²) in [7, 11) is 0. The van der Waals surface area contributed by atoms with E-state index in [1.54, 1.807) is 13.1 Å². The van der Waals surface area contributed by atoms with Crippen LogP contribution in [0.1, 0.15) is 16.6 Å². The van der Waals surface area contributed by atoms with Gasteiger partial charge in [0, 0.05) is 6.20 Å². The Morgan fingerprint density at radius 2 is 2.14 bits per heavy atom. The van der Waals surface area contributed by atoms with E-state index < -0.39 is 0 Å². The summed E-state index contributed by atoms with van der Waals surface area (Å²) in [6, 6.07) is 9.54. The van der Waals surface area contributed by atoms with Gasteiger partial charge in [0.15, 0.2) is 5.78 Å². The number of thiophene rings is 1. The summed E-state index contributed by atoms with van der Waals surface area (Å²) in [5.41, 5.74) is 0.921. The molecule has 14 heavy (non-hydrogen) atoms. The highest BCUT2D eigenvalue weighted by Gasteiger charge is 2.05. The van der Waals surface area contributed by atoms with Crippen LogP contribution in [0.2, 0.25) is 0 Å².